The summed E-state index contributed by atoms with van der Waals surface area (Å²) in [5.41, 5.74) is -0.100. The van der Waals surface area contributed by atoms with Gasteiger partial charge in [0.1, 0.15) is 36.4 Å². The number of carboxylic acids is 1. The number of aliphatic hydroxyl groups is 3. The number of ether oxygens (including phenoxy) is 2. The number of thiazole rings is 1. The van der Waals surface area contributed by atoms with Gasteiger partial charge in [0.15, 0.2) is 5.13 Å². The average Bonchev–Trinajstić information content (AvgIpc) is 3.17. The number of amides is 1. The molecule has 1 unspecified atom stereocenters. The van der Waals surface area contributed by atoms with Crippen LogP contribution in [-0.4, -0.2) is 67.8 Å². The monoisotopic (exact) mass is 463 g/mol. The van der Waals surface area contributed by atoms with E-state index in [-0.39, 0.29) is 51.0 Å². The number of carboxylic acid groups (broad SMARTS) is 1. The third kappa shape index (κ3) is 5.55. The summed E-state index contributed by atoms with van der Waals surface area (Å²) in [6.07, 6.45) is -8.46. The van der Waals surface area contributed by atoms with Gasteiger partial charge in [0, 0.05) is 0 Å². The molecule has 1 aromatic heterocycles. The molecule has 1 aliphatic heterocycles. The Balaban J connectivity index is 0.00000341. The minimum atomic E-state index is -1.98. The van der Waals surface area contributed by atoms with Crippen molar-refractivity contribution in [2.24, 2.45) is 0 Å². The van der Waals surface area contributed by atoms with E-state index in [0.717, 1.165) is 6.20 Å². The van der Waals surface area contributed by atoms with Crippen LogP contribution in [0, 0.1) is 10.1 Å². The maximum atomic E-state index is 12.5. The predicted molar refractivity (Wildman–Crippen MR) is 95.5 cm³/mol. The Morgan fingerprint density at radius 2 is 1.87 bits per heavy atom. The van der Waals surface area contributed by atoms with Gasteiger partial charge in [-0.1, -0.05) is 12.1 Å². The summed E-state index contributed by atoms with van der Waals surface area (Å²) < 4.78 is 10.3. The number of rotatable bonds is 6. The third-order valence-corrected chi connectivity index (χ3v) is 4.94. The molecule has 0 spiro atoms. The van der Waals surface area contributed by atoms with E-state index in [1.807, 2.05) is 0 Å². The van der Waals surface area contributed by atoms with Crippen molar-refractivity contribution in [1.82, 2.24) is 4.98 Å². The number of aromatic nitrogens is 1. The zero-order valence-electron chi connectivity index (χ0n) is 15.8. The quantitative estimate of drug-likeness (QED) is 0.182. The van der Waals surface area contributed by atoms with Gasteiger partial charge in [-0.05, 0) is 23.5 Å². The number of benzene rings is 1. The number of aliphatic hydroxyl groups excluding tert-OH is 3. The Morgan fingerprint density at radius 1 is 1.19 bits per heavy atom. The van der Waals surface area contributed by atoms with Crippen molar-refractivity contribution in [2.75, 3.05) is 5.32 Å². The first kappa shape index (κ1) is 25.1. The first-order valence-corrected chi connectivity index (χ1v) is 9.08. The smallest absolute Gasteiger partial charge is 0.547 e. The SMILES string of the molecule is O=C(Nc1ncc([N+](=O)[O-])s1)c1ccccc1O[C@H]1OC(C(=O)[O-])[C@H](O)[C@@H](O)[C@H]1O.[Na+]. The molecule has 1 amide bonds. The Morgan fingerprint density at radius 3 is 2.48 bits per heavy atom. The maximum absolute atomic E-state index is 12.5. The molecule has 5 atom stereocenters. The van der Waals surface area contributed by atoms with Crippen LogP contribution in [-0.2, 0) is 9.53 Å². The van der Waals surface area contributed by atoms with Crippen molar-refractivity contribution in [3.8, 4) is 5.75 Å². The van der Waals surface area contributed by atoms with Crippen LogP contribution in [0.1, 0.15) is 10.4 Å². The Bertz CT molecular complexity index is 973. The van der Waals surface area contributed by atoms with E-state index in [4.69, 9.17) is 9.47 Å². The maximum Gasteiger partial charge on any atom is 1.00 e. The number of nitro groups is 1. The fraction of sp³-hybridized carbons (Fsp3) is 0.312. The fourth-order valence-corrected chi connectivity index (χ4v) is 3.22. The first-order valence-electron chi connectivity index (χ1n) is 8.27. The van der Waals surface area contributed by atoms with E-state index in [1.165, 1.54) is 24.3 Å². The van der Waals surface area contributed by atoms with E-state index < -0.39 is 47.5 Å². The van der Waals surface area contributed by atoms with Crippen LogP contribution in [0.4, 0.5) is 10.1 Å². The number of para-hydroxylation sites is 1. The number of carbonyl (C=O) groups is 2. The minimum Gasteiger partial charge on any atom is -0.547 e. The number of nitrogens with zero attached hydrogens (tertiary/aromatic N) is 2. The summed E-state index contributed by atoms with van der Waals surface area (Å²) in [5, 5.41) is 53.4. The Kier molecular flexibility index (Phi) is 8.44. The van der Waals surface area contributed by atoms with E-state index in [0.29, 0.717) is 11.3 Å². The van der Waals surface area contributed by atoms with Crippen LogP contribution in [0.3, 0.4) is 0 Å². The van der Waals surface area contributed by atoms with Gasteiger partial charge in [-0.3, -0.25) is 20.2 Å². The number of carbonyl (C=O) groups excluding carboxylic acids is 2. The zero-order valence-corrected chi connectivity index (χ0v) is 18.6. The molecule has 31 heavy (non-hydrogen) atoms. The Labute approximate surface area is 199 Å². The average molecular weight is 463 g/mol. The van der Waals surface area contributed by atoms with Gasteiger partial charge in [0.2, 0.25) is 6.29 Å². The van der Waals surface area contributed by atoms with E-state index in [2.05, 4.69) is 10.3 Å². The first-order chi connectivity index (χ1) is 14.2. The van der Waals surface area contributed by atoms with Gasteiger partial charge in [-0.15, -0.1) is 0 Å². The van der Waals surface area contributed by atoms with Crippen LogP contribution in [0.15, 0.2) is 30.5 Å². The van der Waals surface area contributed by atoms with Gasteiger partial charge >= 0.3 is 34.6 Å². The number of nitrogens with one attached hydrogen (secondary N) is 1. The van der Waals surface area contributed by atoms with Crippen LogP contribution in [0.5, 0.6) is 5.75 Å². The Hall–Kier alpha value is -2.17. The van der Waals surface area contributed by atoms with Crippen molar-refractivity contribution >= 4 is 33.3 Å². The van der Waals surface area contributed by atoms with Crippen molar-refractivity contribution in [3.05, 3.63) is 46.1 Å². The summed E-state index contributed by atoms with van der Waals surface area (Å²) in [6, 6.07) is 5.58. The van der Waals surface area contributed by atoms with Crippen molar-refractivity contribution < 1.29 is 74.0 Å². The van der Waals surface area contributed by atoms with Crippen molar-refractivity contribution in [2.45, 2.75) is 30.7 Å². The van der Waals surface area contributed by atoms with Crippen LogP contribution in [0.2, 0.25) is 0 Å². The summed E-state index contributed by atoms with van der Waals surface area (Å²) in [5.74, 6) is -2.76. The molecule has 0 aliphatic carbocycles. The fourth-order valence-electron chi connectivity index (χ4n) is 2.59. The van der Waals surface area contributed by atoms with Crippen LogP contribution < -0.4 is 44.7 Å². The molecular formula is C16H14N3NaO10S. The molecule has 13 nitrogen and oxygen atoms in total. The van der Waals surface area contributed by atoms with Gasteiger partial charge in [0.25, 0.3) is 5.91 Å². The molecule has 0 radical (unpaired) electrons. The topological polar surface area (TPSA) is 204 Å². The molecule has 1 aromatic carbocycles. The molecule has 15 heteroatoms. The third-order valence-electron chi connectivity index (χ3n) is 4.07. The molecule has 1 saturated heterocycles. The molecule has 1 aliphatic rings. The molecule has 160 valence electrons. The summed E-state index contributed by atoms with van der Waals surface area (Å²) >= 11 is 0.629. The molecule has 0 bridgehead atoms. The molecule has 0 saturated carbocycles. The summed E-state index contributed by atoms with van der Waals surface area (Å²) in [7, 11) is 0. The van der Waals surface area contributed by atoms with E-state index in [9.17, 15) is 40.1 Å². The summed E-state index contributed by atoms with van der Waals surface area (Å²) in [4.78, 5) is 37.4. The normalized spacial score (nSPS) is 25.2. The van der Waals surface area contributed by atoms with Gasteiger partial charge in [-0.25, -0.2) is 4.98 Å². The van der Waals surface area contributed by atoms with Gasteiger partial charge < -0.3 is 34.7 Å². The second kappa shape index (κ2) is 10.4. The number of anilines is 1. The second-order valence-corrected chi connectivity index (χ2v) is 7.05. The van der Waals surface area contributed by atoms with Crippen molar-refractivity contribution in [1.29, 1.82) is 0 Å². The number of hydrogen-bond acceptors (Lipinski definition) is 12. The van der Waals surface area contributed by atoms with E-state index in [1.54, 1.807) is 0 Å². The predicted octanol–water partition coefficient (Wildman–Crippen LogP) is -4.76. The second-order valence-electron chi connectivity index (χ2n) is 6.04. The van der Waals surface area contributed by atoms with E-state index >= 15 is 0 Å². The largest absolute Gasteiger partial charge is 1.00 e. The van der Waals surface area contributed by atoms with Crippen molar-refractivity contribution in [3.63, 3.8) is 0 Å². The van der Waals surface area contributed by atoms with Gasteiger partial charge in [-0.2, -0.15) is 0 Å². The molecule has 4 N–H and O–H groups in total. The standard InChI is InChI=1S/C16H15N3O10S.Na/c20-9-10(21)12(14(24)25)29-15(11(9)22)28-7-4-2-1-3-6(7)13(23)18-16-17-5-8(30-16)19(26)27;/h1-5,9-12,15,20-22H,(H,24,25)(H,17,18,23);/q;+1/p-1/t9-,10-,11-,12?,15+;/m1./s1. The number of hydrogen-bond donors (Lipinski definition) is 4. The number of aliphatic carboxylic acids is 1. The molecule has 3 rings (SSSR count). The zero-order chi connectivity index (χ0) is 22.0. The molecular weight excluding hydrogens is 449 g/mol. The van der Waals surface area contributed by atoms with Crippen LogP contribution in [0.25, 0.3) is 0 Å². The molecule has 2 heterocycles. The van der Waals surface area contributed by atoms with Crippen LogP contribution >= 0.6 is 11.3 Å². The summed E-state index contributed by atoms with van der Waals surface area (Å²) in [6.45, 7) is 0. The van der Waals surface area contributed by atoms with Gasteiger partial charge in [0.05, 0.1) is 16.5 Å². The minimum absolute atomic E-state index is 0. The molecule has 1 fully saturated rings. The molecule has 2 aromatic rings.